The lowest BCUT2D eigenvalue weighted by molar-refractivity contribution is -0.139. The number of benzene rings is 1. The van der Waals surface area contributed by atoms with Crippen LogP contribution < -0.4 is 10.1 Å². The molecular formula is C15H21Cl2FN2O2. The number of rotatable bonds is 4. The summed E-state index contributed by atoms with van der Waals surface area (Å²) >= 11 is 5.91. The van der Waals surface area contributed by atoms with Crippen LogP contribution in [-0.4, -0.2) is 43.1 Å². The number of carbonyl (C=O) groups excluding carboxylic acids is 1. The summed E-state index contributed by atoms with van der Waals surface area (Å²) in [5.74, 6) is -0.210. The third-order valence-electron chi connectivity index (χ3n) is 3.75. The fraction of sp³-hybridized carbons (Fsp3) is 0.533. The Labute approximate surface area is 141 Å². The first-order valence-electron chi connectivity index (χ1n) is 7.08. The average Bonchev–Trinajstić information content (AvgIpc) is 2.49. The lowest BCUT2D eigenvalue weighted by atomic mass is 10.0. The molecule has 0 radical (unpaired) electrons. The van der Waals surface area contributed by atoms with Crippen LogP contribution in [0.2, 0.25) is 5.02 Å². The molecule has 0 saturated carbocycles. The number of amides is 1. The van der Waals surface area contributed by atoms with Crippen molar-refractivity contribution in [2.75, 3.05) is 20.1 Å². The molecule has 0 spiro atoms. The highest BCUT2D eigenvalue weighted by molar-refractivity contribution is 6.32. The van der Waals surface area contributed by atoms with Crippen LogP contribution in [0.4, 0.5) is 4.39 Å². The van der Waals surface area contributed by atoms with Crippen molar-refractivity contribution in [3.8, 4) is 5.75 Å². The normalized spacial score (nSPS) is 16.5. The third-order valence-corrected chi connectivity index (χ3v) is 4.04. The van der Waals surface area contributed by atoms with Crippen LogP contribution in [0.15, 0.2) is 18.2 Å². The molecule has 1 heterocycles. The van der Waals surface area contributed by atoms with Crippen molar-refractivity contribution >= 4 is 29.9 Å². The van der Waals surface area contributed by atoms with E-state index in [1.807, 2.05) is 0 Å². The summed E-state index contributed by atoms with van der Waals surface area (Å²) in [7, 11) is 1.80. The Balaban J connectivity index is 0.00000242. The van der Waals surface area contributed by atoms with Gasteiger partial charge < -0.3 is 15.0 Å². The molecule has 4 nitrogen and oxygen atoms in total. The van der Waals surface area contributed by atoms with E-state index in [0.29, 0.717) is 5.75 Å². The zero-order chi connectivity index (χ0) is 15.4. The van der Waals surface area contributed by atoms with Gasteiger partial charge in [-0.05, 0) is 51.1 Å². The summed E-state index contributed by atoms with van der Waals surface area (Å²) in [6.07, 6.45) is 1.21. The number of nitrogens with zero attached hydrogens (tertiary/aromatic N) is 1. The van der Waals surface area contributed by atoms with Gasteiger partial charge in [-0.2, -0.15) is 0 Å². The Hall–Kier alpha value is -1.04. The number of nitrogens with one attached hydrogen (secondary N) is 1. The van der Waals surface area contributed by atoms with Crippen LogP contribution in [-0.2, 0) is 4.79 Å². The van der Waals surface area contributed by atoms with E-state index >= 15 is 0 Å². The average molecular weight is 351 g/mol. The zero-order valence-electron chi connectivity index (χ0n) is 12.6. The topological polar surface area (TPSA) is 41.6 Å². The predicted molar refractivity (Wildman–Crippen MR) is 87.4 cm³/mol. The molecule has 1 unspecified atom stereocenters. The number of ether oxygens (including phenoxy) is 1. The number of hydrogen-bond donors (Lipinski definition) is 1. The van der Waals surface area contributed by atoms with Gasteiger partial charge in [0, 0.05) is 13.1 Å². The lowest BCUT2D eigenvalue weighted by Crippen LogP contribution is -2.48. The van der Waals surface area contributed by atoms with Crippen LogP contribution in [0.5, 0.6) is 5.75 Å². The van der Waals surface area contributed by atoms with Crippen molar-refractivity contribution in [1.29, 1.82) is 0 Å². The van der Waals surface area contributed by atoms with Crippen molar-refractivity contribution in [2.45, 2.75) is 31.9 Å². The first-order chi connectivity index (χ1) is 9.99. The SMILES string of the molecule is CC(Oc1ccc(F)cc1Cl)C(=O)N(C)C1CCNCC1.Cl. The number of likely N-dealkylation sites (N-methyl/N-ethyl adjacent to an activating group) is 1. The highest BCUT2D eigenvalue weighted by atomic mass is 35.5. The number of hydrogen-bond acceptors (Lipinski definition) is 3. The van der Waals surface area contributed by atoms with Crippen molar-refractivity contribution in [3.05, 3.63) is 29.0 Å². The van der Waals surface area contributed by atoms with Crippen LogP contribution in [0.3, 0.4) is 0 Å². The van der Waals surface area contributed by atoms with Gasteiger partial charge in [0.1, 0.15) is 11.6 Å². The van der Waals surface area contributed by atoms with Gasteiger partial charge in [-0.25, -0.2) is 4.39 Å². The molecule has 0 bridgehead atoms. The maximum Gasteiger partial charge on any atom is 0.263 e. The minimum absolute atomic E-state index is 0. The molecule has 0 aromatic heterocycles. The predicted octanol–water partition coefficient (Wildman–Crippen LogP) is 2.88. The van der Waals surface area contributed by atoms with Crippen molar-refractivity contribution in [3.63, 3.8) is 0 Å². The van der Waals surface area contributed by atoms with Gasteiger partial charge in [-0.3, -0.25) is 4.79 Å². The molecule has 1 aromatic rings. The fourth-order valence-electron chi connectivity index (χ4n) is 2.47. The van der Waals surface area contributed by atoms with Gasteiger partial charge in [0.15, 0.2) is 6.10 Å². The van der Waals surface area contributed by atoms with E-state index in [4.69, 9.17) is 16.3 Å². The van der Waals surface area contributed by atoms with E-state index in [0.717, 1.165) is 25.9 Å². The molecule has 1 aromatic carbocycles. The van der Waals surface area contributed by atoms with E-state index in [2.05, 4.69) is 5.32 Å². The van der Waals surface area contributed by atoms with Crippen LogP contribution in [0.1, 0.15) is 19.8 Å². The summed E-state index contributed by atoms with van der Waals surface area (Å²) in [5, 5.41) is 3.43. The minimum atomic E-state index is -0.659. The van der Waals surface area contributed by atoms with Gasteiger partial charge >= 0.3 is 0 Å². The summed E-state index contributed by atoms with van der Waals surface area (Å²) < 4.78 is 18.6. The molecule has 1 atom stereocenters. The molecule has 1 aliphatic heterocycles. The summed E-state index contributed by atoms with van der Waals surface area (Å²) in [6.45, 7) is 3.52. The van der Waals surface area contributed by atoms with E-state index < -0.39 is 11.9 Å². The highest BCUT2D eigenvalue weighted by Crippen LogP contribution is 2.26. The van der Waals surface area contributed by atoms with Gasteiger partial charge in [0.05, 0.1) is 5.02 Å². The van der Waals surface area contributed by atoms with E-state index in [-0.39, 0.29) is 29.4 Å². The molecule has 1 saturated heterocycles. The van der Waals surface area contributed by atoms with Gasteiger partial charge in [-0.1, -0.05) is 11.6 Å². The van der Waals surface area contributed by atoms with Crippen molar-refractivity contribution < 1.29 is 13.9 Å². The van der Waals surface area contributed by atoms with Crippen molar-refractivity contribution in [1.82, 2.24) is 10.2 Å². The number of halogens is 3. The molecule has 1 amide bonds. The van der Waals surface area contributed by atoms with Crippen LogP contribution in [0, 0.1) is 5.82 Å². The Morgan fingerprint density at radius 2 is 2.09 bits per heavy atom. The van der Waals surface area contributed by atoms with Gasteiger partial charge in [0.2, 0.25) is 0 Å². The first kappa shape index (κ1) is 19.0. The molecule has 0 aliphatic carbocycles. The van der Waals surface area contributed by atoms with E-state index in [1.165, 1.54) is 18.2 Å². The molecule has 1 aliphatic rings. The van der Waals surface area contributed by atoms with Gasteiger partial charge in [-0.15, -0.1) is 12.4 Å². The largest absolute Gasteiger partial charge is 0.479 e. The Kier molecular flexibility index (Phi) is 7.39. The number of piperidine rings is 1. The quantitative estimate of drug-likeness (QED) is 0.907. The molecule has 1 N–H and O–H groups in total. The molecule has 1 fully saturated rings. The molecular weight excluding hydrogens is 330 g/mol. The van der Waals surface area contributed by atoms with E-state index in [9.17, 15) is 9.18 Å². The molecule has 7 heteroatoms. The molecule has 124 valence electrons. The summed E-state index contributed by atoms with van der Waals surface area (Å²) in [4.78, 5) is 14.1. The Bertz CT molecular complexity index is 510. The highest BCUT2D eigenvalue weighted by Gasteiger charge is 2.26. The lowest BCUT2D eigenvalue weighted by Gasteiger charge is -2.33. The number of carbonyl (C=O) groups is 1. The molecule has 22 heavy (non-hydrogen) atoms. The van der Waals surface area contributed by atoms with Crippen molar-refractivity contribution in [2.24, 2.45) is 0 Å². The second-order valence-corrected chi connectivity index (χ2v) is 5.67. The van der Waals surface area contributed by atoms with Crippen LogP contribution in [0.25, 0.3) is 0 Å². The first-order valence-corrected chi connectivity index (χ1v) is 7.46. The maximum absolute atomic E-state index is 13.0. The summed E-state index contributed by atoms with van der Waals surface area (Å²) in [5.41, 5.74) is 0. The third kappa shape index (κ3) is 4.73. The Morgan fingerprint density at radius 3 is 2.68 bits per heavy atom. The Morgan fingerprint density at radius 1 is 1.45 bits per heavy atom. The maximum atomic E-state index is 13.0. The smallest absolute Gasteiger partial charge is 0.263 e. The van der Waals surface area contributed by atoms with Gasteiger partial charge in [0.25, 0.3) is 5.91 Å². The zero-order valence-corrected chi connectivity index (χ0v) is 14.2. The summed E-state index contributed by atoms with van der Waals surface area (Å²) in [6, 6.07) is 4.10. The minimum Gasteiger partial charge on any atom is -0.479 e. The standard InChI is InChI=1S/C15H20ClFN2O2.ClH/c1-10(21-14-4-3-11(17)9-13(14)16)15(20)19(2)12-5-7-18-8-6-12;/h3-4,9-10,12,18H,5-8H2,1-2H3;1H. The van der Waals surface area contributed by atoms with E-state index in [1.54, 1.807) is 18.9 Å². The monoisotopic (exact) mass is 350 g/mol. The second-order valence-electron chi connectivity index (χ2n) is 5.27. The molecule has 2 rings (SSSR count). The second kappa shape index (κ2) is 8.56. The fourth-order valence-corrected chi connectivity index (χ4v) is 2.68. The van der Waals surface area contributed by atoms with Crippen LogP contribution >= 0.6 is 24.0 Å².